The number of amides is 1. The third kappa shape index (κ3) is 3.19. The van der Waals surface area contributed by atoms with Crippen molar-refractivity contribution in [2.75, 3.05) is 6.54 Å². The third-order valence-electron chi connectivity index (χ3n) is 1.84. The van der Waals surface area contributed by atoms with Gasteiger partial charge in [0.05, 0.1) is 6.42 Å². The summed E-state index contributed by atoms with van der Waals surface area (Å²) in [6.07, 6.45) is -0.105. The summed E-state index contributed by atoms with van der Waals surface area (Å²) >= 11 is 0. The van der Waals surface area contributed by atoms with E-state index in [1.54, 1.807) is 0 Å². The van der Waals surface area contributed by atoms with Crippen LogP contribution in [0.5, 0.6) is 5.75 Å². The molecule has 0 radical (unpaired) electrons. The highest BCUT2D eigenvalue weighted by Gasteiger charge is 2.22. The summed E-state index contributed by atoms with van der Waals surface area (Å²) in [7, 11) is 0. The molecule has 0 bridgehead atoms. The van der Waals surface area contributed by atoms with E-state index in [1.165, 1.54) is 0 Å². The first-order chi connectivity index (χ1) is 8.47. The number of nitrogens with one attached hydrogen (secondary N) is 1. The van der Waals surface area contributed by atoms with Gasteiger partial charge in [-0.2, -0.15) is 8.78 Å². The van der Waals surface area contributed by atoms with Crippen LogP contribution in [0, 0.1) is 23.3 Å². The zero-order valence-electron chi connectivity index (χ0n) is 8.81. The van der Waals surface area contributed by atoms with Crippen LogP contribution < -0.4 is 10.1 Å². The van der Waals surface area contributed by atoms with Crippen LogP contribution in [-0.2, 0) is 9.59 Å². The lowest BCUT2D eigenvalue weighted by atomic mass is 10.3. The SMILES string of the molecule is O=CNCCC(=O)Oc1c(F)c(F)cc(F)c1F. The maximum absolute atomic E-state index is 13.1. The first-order valence-corrected chi connectivity index (χ1v) is 4.68. The molecule has 0 aliphatic heterocycles. The van der Waals surface area contributed by atoms with E-state index in [1.807, 2.05) is 0 Å². The summed E-state index contributed by atoms with van der Waals surface area (Å²) in [5, 5.41) is 2.10. The van der Waals surface area contributed by atoms with Gasteiger partial charge in [0, 0.05) is 12.6 Å². The molecular formula is C10H7F4NO3. The second-order valence-corrected chi connectivity index (χ2v) is 3.09. The first-order valence-electron chi connectivity index (χ1n) is 4.68. The summed E-state index contributed by atoms with van der Waals surface area (Å²) in [5.41, 5.74) is 0. The van der Waals surface area contributed by atoms with Crippen molar-refractivity contribution in [2.24, 2.45) is 0 Å². The highest BCUT2D eigenvalue weighted by atomic mass is 19.2. The van der Waals surface area contributed by atoms with Gasteiger partial charge in [0.1, 0.15) is 0 Å². The van der Waals surface area contributed by atoms with E-state index in [4.69, 9.17) is 0 Å². The Bertz CT molecular complexity index is 452. The molecule has 0 spiro atoms. The van der Waals surface area contributed by atoms with Crippen molar-refractivity contribution in [1.82, 2.24) is 5.32 Å². The van der Waals surface area contributed by atoms with E-state index in [2.05, 4.69) is 10.1 Å². The number of benzene rings is 1. The highest BCUT2D eigenvalue weighted by Crippen LogP contribution is 2.26. The van der Waals surface area contributed by atoms with Crippen molar-refractivity contribution in [1.29, 1.82) is 0 Å². The molecular weight excluding hydrogens is 258 g/mol. The lowest BCUT2D eigenvalue weighted by Gasteiger charge is -2.07. The van der Waals surface area contributed by atoms with Gasteiger partial charge in [-0.1, -0.05) is 0 Å². The minimum Gasteiger partial charge on any atom is -0.420 e. The number of esters is 1. The Morgan fingerprint density at radius 1 is 1.22 bits per heavy atom. The van der Waals surface area contributed by atoms with Crippen molar-refractivity contribution in [3.05, 3.63) is 29.3 Å². The Balaban J connectivity index is 2.84. The Morgan fingerprint density at radius 3 is 2.28 bits per heavy atom. The molecule has 98 valence electrons. The van der Waals surface area contributed by atoms with E-state index in [9.17, 15) is 27.2 Å². The summed E-state index contributed by atoms with van der Waals surface area (Å²) in [6.45, 7) is -0.136. The van der Waals surface area contributed by atoms with Crippen molar-refractivity contribution in [3.8, 4) is 5.75 Å². The summed E-state index contributed by atoms with van der Waals surface area (Å²) in [4.78, 5) is 20.9. The molecule has 0 saturated heterocycles. The molecule has 0 aliphatic rings. The monoisotopic (exact) mass is 265 g/mol. The number of carbonyl (C=O) groups excluding carboxylic acids is 2. The van der Waals surface area contributed by atoms with Crippen LogP contribution in [0.3, 0.4) is 0 Å². The zero-order chi connectivity index (χ0) is 13.7. The summed E-state index contributed by atoms with van der Waals surface area (Å²) in [5.74, 6) is -9.54. The maximum Gasteiger partial charge on any atom is 0.313 e. The number of ether oxygens (including phenoxy) is 1. The molecule has 1 aromatic rings. The molecule has 0 atom stereocenters. The van der Waals surface area contributed by atoms with Crippen LogP contribution >= 0.6 is 0 Å². The smallest absolute Gasteiger partial charge is 0.313 e. The predicted molar refractivity (Wildman–Crippen MR) is 50.6 cm³/mol. The second-order valence-electron chi connectivity index (χ2n) is 3.09. The van der Waals surface area contributed by atoms with E-state index in [-0.39, 0.29) is 12.6 Å². The maximum atomic E-state index is 13.1. The summed E-state index contributed by atoms with van der Waals surface area (Å²) < 4.78 is 55.8. The molecule has 0 unspecified atom stereocenters. The van der Waals surface area contributed by atoms with Gasteiger partial charge in [0.15, 0.2) is 11.6 Å². The van der Waals surface area contributed by atoms with Gasteiger partial charge >= 0.3 is 5.97 Å². The zero-order valence-corrected chi connectivity index (χ0v) is 8.81. The standard InChI is InChI=1S/C10H7F4NO3/c11-5-3-6(12)9(14)10(8(5)13)18-7(17)1-2-15-4-16/h3-4H,1-2H2,(H,15,16). The molecule has 0 fully saturated rings. The first kappa shape index (κ1) is 13.9. The minimum atomic E-state index is -1.80. The topological polar surface area (TPSA) is 55.4 Å². The van der Waals surface area contributed by atoms with Crippen LogP contribution in [0.2, 0.25) is 0 Å². The third-order valence-corrected chi connectivity index (χ3v) is 1.84. The molecule has 1 N–H and O–H groups in total. The molecule has 0 aliphatic carbocycles. The van der Waals surface area contributed by atoms with Gasteiger partial charge in [-0.05, 0) is 0 Å². The molecule has 0 saturated carbocycles. The number of hydrogen-bond acceptors (Lipinski definition) is 3. The molecule has 1 rings (SSSR count). The molecule has 0 aromatic heterocycles. The van der Waals surface area contributed by atoms with Crippen molar-refractivity contribution < 1.29 is 31.9 Å². The van der Waals surface area contributed by atoms with Crippen molar-refractivity contribution >= 4 is 12.4 Å². The molecule has 1 aromatic carbocycles. The molecule has 0 heterocycles. The predicted octanol–water partition coefficient (Wildman–Crippen LogP) is 1.28. The van der Waals surface area contributed by atoms with Crippen LogP contribution in [0.1, 0.15) is 6.42 Å². The van der Waals surface area contributed by atoms with Gasteiger partial charge in [-0.25, -0.2) is 8.78 Å². The number of hydrogen-bond donors (Lipinski definition) is 1. The Labute approximate surface area is 98.5 Å². The largest absolute Gasteiger partial charge is 0.420 e. The average Bonchev–Trinajstić information content (AvgIpc) is 2.32. The fraction of sp³-hybridized carbons (Fsp3) is 0.200. The van der Waals surface area contributed by atoms with Gasteiger partial charge in [0.25, 0.3) is 0 Å². The van der Waals surface area contributed by atoms with Crippen molar-refractivity contribution in [3.63, 3.8) is 0 Å². The van der Waals surface area contributed by atoms with Gasteiger partial charge in [-0.15, -0.1) is 0 Å². The normalized spacial score (nSPS) is 10.0. The van der Waals surface area contributed by atoms with Crippen LogP contribution in [-0.4, -0.2) is 18.9 Å². The fourth-order valence-electron chi connectivity index (χ4n) is 1.04. The number of rotatable bonds is 5. The van der Waals surface area contributed by atoms with Crippen LogP contribution in [0.15, 0.2) is 6.07 Å². The Morgan fingerprint density at radius 2 is 1.78 bits per heavy atom. The minimum absolute atomic E-state index is 0.00402. The lowest BCUT2D eigenvalue weighted by Crippen LogP contribution is -2.20. The number of halogens is 4. The average molecular weight is 265 g/mol. The van der Waals surface area contributed by atoms with Crippen LogP contribution in [0.4, 0.5) is 17.6 Å². The summed E-state index contributed by atoms with van der Waals surface area (Å²) in [6, 6.07) is -0.00402. The van der Waals surface area contributed by atoms with Gasteiger partial charge in [0.2, 0.25) is 23.8 Å². The van der Waals surface area contributed by atoms with E-state index in [0.717, 1.165) is 0 Å². The second kappa shape index (κ2) is 5.99. The van der Waals surface area contributed by atoms with E-state index < -0.39 is 41.4 Å². The lowest BCUT2D eigenvalue weighted by molar-refractivity contribution is -0.134. The van der Waals surface area contributed by atoms with Crippen molar-refractivity contribution in [2.45, 2.75) is 6.42 Å². The van der Waals surface area contributed by atoms with Gasteiger partial charge < -0.3 is 10.1 Å². The highest BCUT2D eigenvalue weighted by molar-refractivity contribution is 5.73. The Hall–Kier alpha value is -2.12. The van der Waals surface area contributed by atoms with Gasteiger partial charge in [-0.3, -0.25) is 9.59 Å². The molecule has 8 heteroatoms. The van der Waals surface area contributed by atoms with E-state index >= 15 is 0 Å². The van der Waals surface area contributed by atoms with Crippen LogP contribution in [0.25, 0.3) is 0 Å². The Kier molecular flexibility index (Phi) is 4.64. The molecule has 18 heavy (non-hydrogen) atoms. The molecule has 4 nitrogen and oxygen atoms in total. The number of carbonyl (C=O) groups is 2. The quantitative estimate of drug-likeness (QED) is 0.218. The molecule has 1 amide bonds. The fourth-order valence-corrected chi connectivity index (χ4v) is 1.04. The van der Waals surface area contributed by atoms with E-state index in [0.29, 0.717) is 6.41 Å².